The van der Waals surface area contributed by atoms with Gasteiger partial charge < -0.3 is 10.0 Å². The number of amides is 1. The van der Waals surface area contributed by atoms with Crippen LogP contribution in [-0.2, 0) is 4.79 Å². The van der Waals surface area contributed by atoms with Crippen molar-refractivity contribution in [2.45, 2.75) is 19.5 Å². The molecule has 3 aromatic rings. The van der Waals surface area contributed by atoms with E-state index >= 15 is 0 Å². The zero-order valence-corrected chi connectivity index (χ0v) is 18.1. The van der Waals surface area contributed by atoms with E-state index in [4.69, 9.17) is 0 Å². The van der Waals surface area contributed by atoms with Gasteiger partial charge in [-0.25, -0.2) is 4.79 Å². The number of carboxylic acid groups (broad SMARTS) is 1. The first kappa shape index (κ1) is 20.9. The van der Waals surface area contributed by atoms with Crippen LogP contribution in [-0.4, -0.2) is 54.2 Å². The quantitative estimate of drug-likeness (QED) is 0.668. The molecule has 4 rings (SSSR count). The van der Waals surface area contributed by atoms with Crippen molar-refractivity contribution in [2.75, 3.05) is 31.6 Å². The summed E-state index contributed by atoms with van der Waals surface area (Å²) in [6.07, 6.45) is -1.09. The Hall–Kier alpha value is -3.38. The highest BCUT2D eigenvalue weighted by molar-refractivity contribution is 5.98. The molecule has 0 spiro atoms. The number of anilines is 1. The molecule has 1 saturated heterocycles. The van der Waals surface area contributed by atoms with Crippen molar-refractivity contribution in [2.24, 2.45) is 0 Å². The third-order valence-corrected chi connectivity index (χ3v) is 6.39. The number of hydrogen-bond acceptors (Lipinski definition) is 4. The van der Waals surface area contributed by atoms with E-state index in [1.54, 1.807) is 7.05 Å². The molecule has 0 saturated carbocycles. The molecule has 6 nitrogen and oxygen atoms in total. The predicted molar refractivity (Wildman–Crippen MR) is 124 cm³/mol. The number of hydrogen-bond donors (Lipinski definition) is 2. The van der Waals surface area contributed by atoms with Gasteiger partial charge >= 0.3 is 6.09 Å². The van der Waals surface area contributed by atoms with Crippen molar-refractivity contribution < 1.29 is 14.7 Å². The van der Waals surface area contributed by atoms with Crippen molar-refractivity contribution in [3.05, 3.63) is 66.2 Å². The van der Waals surface area contributed by atoms with E-state index < -0.39 is 11.8 Å². The Morgan fingerprint density at radius 3 is 2.26 bits per heavy atom. The number of nitrogens with one attached hydrogen (secondary N) is 1. The van der Waals surface area contributed by atoms with Gasteiger partial charge in [-0.05, 0) is 60.5 Å². The normalized spacial score (nSPS) is 18.9. The molecule has 0 aromatic heterocycles. The molecule has 1 amide bonds. The van der Waals surface area contributed by atoms with Crippen molar-refractivity contribution >= 4 is 28.3 Å². The molecule has 1 fully saturated rings. The lowest BCUT2D eigenvalue weighted by Crippen LogP contribution is -2.73. The zero-order chi connectivity index (χ0) is 22.2. The SMILES string of the molecule is CNC1(C(C)=O)CN(c2ccc(-c3ccc(C)c4ccccc34)cc2)CCN1C(=O)O. The van der Waals surface area contributed by atoms with Crippen LogP contribution in [0.25, 0.3) is 21.9 Å². The molecule has 2 N–H and O–H groups in total. The number of piperazine rings is 1. The van der Waals surface area contributed by atoms with Crippen LogP contribution in [0, 0.1) is 6.92 Å². The van der Waals surface area contributed by atoms with E-state index in [-0.39, 0.29) is 18.9 Å². The molecule has 1 aliphatic rings. The Labute approximate surface area is 182 Å². The lowest BCUT2D eigenvalue weighted by molar-refractivity contribution is -0.130. The maximum atomic E-state index is 12.4. The molecule has 1 heterocycles. The van der Waals surface area contributed by atoms with Crippen LogP contribution >= 0.6 is 0 Å². The van der Waals surface area contributed by atoms with Gasteiger partial charge in [0.1, 0.15) is 0 Å². The summed E-state index contributed by atoms with van der Waals surface area (Å²) in [5.74, 6) is -0.218. The maximum Gasteiger partial charge on any atom is 0.409 e. The Morgan fingerprint density at radius 1 is 0.968 bits per heavy atom. The minimum atomic E-state index is -1.25. The Kier molecular flexibility index (Phi) is 5.41. The maximum absolute atomic E-state index is 12.4. The zero-order valence-electron chi connectivity index (χ0n) is 18.1. The first-order valence-corrected chi connectivity index (χ1v) is 10.4. The minimum Gasteiger partial charge on any atom is -0.465 e. The smallest absolute Gasteiger partial charge is 0.409 e. The first-order valence-electron chi connectivity index (χ1n) is 10.4. The van der Waals surface area contributed by atoms with Gasteiger partial charge in [0.25, 0.3) is 0 Å². The summed E-state index contributed by atoms with van der Waals surface area (Å²) in [5.41, 5.74) is 3.26. The average Bonchev–Trinajstić information content (AvgIpc) is 2.79. The summed E-state index contributed by atoms with van der Waals surface area (Å²) < 4.78 is 0. The van der Waals surface area contributed by atoms with Gasteiger partial charge in [-0.15, -0.1) is 0 Å². The first-order chi connectivity index (χ1) is 14.9. The van der Waals surface area contributed by atoms with Crippen LogP contribution in [0.4, 0.5) is 10.5 Å². The van der Waals surface area contributed by atoms with E-state index in [0.717, 1.165) is 11.3 Å². The third kappa shape index (κ3) is 3.53. The minimum absolute atomic E-state index is 0.218. The molecule has 6 heteroatoms. The summed E-state index contributed by atoms with van der Waals surface area (Å²) in [7, 11) is 1.63. The molecule has 0 radical (unpaired) electrons. The van der Waals surface area contributed by atoms with Crippen LogP contribution < -0.4 is 10.2 Å². The second-order valence-electron chi connectivity index (χ2n) is 8.04. The average molecular weight is 418 g/mol. The fourth-order valence-electron chi connectivity index (χ4n) is 4.58. The summed E-state index contributed by atoms with van der Waals surface area (Å²) in [5, 5.41) is 15.0. The third-order valence-electron chi connectivity index (χ3n) is 6.39. The molecule has 3 aromatic carbocycles. The summed E-state index contributed by atoms with van der Waals surface area (Å²) >= 11 is 0. The fourth-order valence-corrected chi connectivity index (χ4v) is 4.58. The lowest BCUT2D eigenvalue weighted by atomic mass is 9.95. The lowest BCUT2D eigenvalue weighted by Gasteiger charge is -2.48. The molecular weight excluding hydrogens is 390 g/mol. The molecule has 160 valence electrons. The number of nitrogens with zero attached hydrogens (tertiary/aromatic N) is 2. The number of aryl methyl sites for hydroxylation is 1. The highest BCUT2D eigenvalue weighted by atomic mass is 16.4. The number of fused-ring (bicyclic) bond motifs is 1. The Balaban J connectivity index is 1.66. The number of likely N-dealkylation sites (N-methyl/N-ethyl adjacent to an activating group) is 1. The molecule has 0 aliphatic carbocycles. The van der Waals surface area contributed by atoms with Gasteiger partial charge in [0.15, 0.2) is 11.4 Å². The van der Waals surface area contributed by atoms with Crippen LogP contribution in [0.2, 0.25) is 0 Å². The van der Waals surface area contributed by atoms with Gasteiger partial charge in [-0.3, -0.25) is 15.0 Å². The van der Waals surface area contributed by atoms with Crippen molar-refractivity contribution in [3.63, 3.8) is 0 Å². The van der Waals surface area contributed by atoms with Gasteiger partial charge in [-0.2, -0.15) is 0 Å². The van der Waals surface area contributed by atoms with E-state index in [2.05, 4.69) is 65.7 Å². The van der Waals surface area contributed by atoms with E-state index in [1.807, 2.05) is 12.1 Å². The molecule has 0 bridgehead atoms. The Bertz CT molecular complexity index is 1140. The monoisotopic (exact) mass is 417 g/mol. The summed E-state index contributed by atoms with van der Waals surface area (Å²) in [6, 6.07) is 21.0. The standard InChI is InChI=1S/C25H27N3O3/c1-17-8-13-22(23-7-5-4-6-21(17)23)19-9-11-20(12-10-19)27-14-15-28(24(30)31)25(16-27,26-3)18(2)29/h4-13,26H,14-16H2,1-3H3,(H,30,31). The van der Waals surface area contributed by atoms with Crippen LogP contribution in [0.15, 0.2) is 60.7 Å². The predicted octanol–water partition coefficient (Wildman–Crippen LogP) is 4.12. The van der Waals surface area contributed by atoms with Gasteiger partial charge in [0.05, 0.1) is 6.54 Å². The van der Waals surface area contributed by atoms with Gasteiger partial charge in [0.2, 0.25) is 0 Å². The number of Topliss-reactive ketones (excluding diaryl/α,β-unsaturated/α-hetero) is 1. The topological polar surface area (TPSA) is 72.9 Å². The Morgan fingerprint density at radius 2 is 1.65 bits per heavy atom. The number of rotatable bonds is 4. The number of ketones is 1. The second kappa shape index (κ2) is 8.04. The van der Waals surface area contributed by atoms with Crippen molar-refractivity contribution in [1.82, 2.24) is 10.2 Å². The van der Waals surface area contributed by atoms with Crippen LogP contribution in [0.1, 0.15) is 12.5 Å². The second-order valence-corrected chi connectivity index (χ2v) is 8.04. The van der Waals surface area contributed by atoms with E-state index in [1.165, 1.54) is 33.7 Å². The van der Waals surface area contributed by atoms with E-state index in [0.29, 0.717) is 6.54 Å². The highest BCUT2D eigenvalue weighted by Crippen LogP contribution is 2.32. The van der Waals surface area contributed by atoms with E-state index in [9.17, 15) is 14.7 Å². The largest absolute Gasteiger partial charge is 0.465 e. The van der Waals surface area contributed by atoms with Crippen LogP contribution in [0.5, 0.6) is 0 Å². The van der Waals surface area contributed by atoms with Gasteiger partial charge in [0, 0.05) is 18.8 Å². The summed E-state index contributed by atoms with van der Waals surface area (Å²) in [4.78, 5) is 27.4. The number of benzene rings is 3. The van der Waals surface area contributed by atoms with Crippen LogP contribution in [0.3, 0.4) is 0 Å². The summed E-state index contributed by atoms with van der Waals surface area (Å²) in [6.45, 7) is 4.59. The molecule has 1 unspecified atom stereocenters. The highest BCUT2D eigenvalue weighted by Gasteiger charge is 2.47. The van der Waals surface area contributed by atoms with Crippen molar-refractivity contribution in [3.8, 4) is 11.1 Å². The number of carbonyl (C=O) groups is 2. The molecule has 31 heavy (non-hydrogen) atoms. The fraction of sp³-hybridized carbons (Fsp3) is 0.280. The molecule has 1 aliphatic heterocycles. The molecular formula is C25H27N3O3. The van der Waals surface area contributed by atoms with Crippen molar-refractivity contribution in [1.29, 1.82) is 0 Å². The number of carbonyl (C=O) groups excluding carboxylic acids is 1. The van der Waals surface area contributed by atoms with Gasteiger partial charge in [-0.1, -0.05) is 48.5 Å². The molecule has 1 atom stereocenters.